The van der Waals surface area contributed by atoms with Crippen LogP contribution in [0.2, 0.25) is 0 Å². The van der Waals surface area contributed by atoms with Crippen molar-refractivity contribution in [1.29, 1.82) is 5.26 Å². The summed E-state index contributed by atoms with van der Waals surface area (Å²) >= 11 is 0. The van der Waals surface area contributed by atoms with Crippen LogP contribution in [-0.2, 0) is 0 Å². The Morgan fingerprint density at radius 2 is 1.50 bits per heavy atom. The zero-order valence-electron chi connectivity index (χ0n) is 15.0. The van der Waals surface area contributed by atoms with Gasteiger partial charge in [0.05, 0.1) is 19.2 Å². The van der Waals surface area contributed by atoms with Gasteiger partial charge in [0.25, 0.3) is 0 Å². The molecule has 130 valence electrons. The number of ether oxygens (including phenoxy) is 1. The van der Waals surface area contributed by atoms with Gasteiger partial charge in [-0.15, -0.1) is 0 Å². The number of benzene rings is 3. The van der Waals surface area contributed by atoms with Gasteiger partial charge in [-0.1, -0.05) is 66.7 Å². The predicted molar refractivity (Wildman–Crippen MR) is 104 cm³/mol. The Morgan fingerprint density at radius 3 is 2.12 bits per heavy atom. The van der Waals surface area contributed by atoms with E-state index < -0.39 is 6.04 Å². The lowest BCUT2D eigenvalue weighted by atomic mass is 9.93. The number of nitriles is 1. The SMILES string of the molecule is COc1ccc([C@H](C#N)NC(c2ccccc2)c2ccccc2C)cc1. The summed E-state index contributed by atoms with van der Waals surface area (Å²) in [5.74, 6) is 0.781. The standard InChI is InChI=1S/C23H22N2O/c1-17-8-6-7-11-21(17)23(19-9-4-3-5-10-19)25-22(16-24)18-12-14-20(26-2)15-13-18/h3-15,22-23,25H,1-2H3/t22-,23?/m0/s1. The van der Waals surface area contributed by atoms with Crippen molar-refractivity contribution < 1.29 is 4.74 Å². The molecule has 0 saturated heterocycles. The van der Waals surface area contributed by atoms with Gasteiger partial charge in [0.15, 0.2) is 0 Å². The van der Waals surface area contributed by atoms with E-state index in [2.05, 4.69) is 42.6 Å². The van der Waals surface area contributed by atoms with Gasteiger partial charge in [-0.05, 0) is 41.3 Å². The van der Waals surface area contributed by atoms with Gasteiger partial charge in [-0.25, -0.2) is 0 Å². The average molecular weight is 342 g/mol. The van der Waals surface area contributed by atoms with Crippen LogP contribution in [0.15, 0.2) is 78.9 Å². The quantitative estimate of drug-likeness (QED) is 0.689. The molecule has 0 amide bonds. The molecule has 0 bridgehead atoms. The van der Waals surface area contributed by atoms with Gasteiger partial charge < -0.3 is 4.74 Å². The molecule has 0 heterocycles. The van der Waals surface area contributed by atoms with E-state index in [0.29, 0.717) is 0 Å². The lowest BCUT2D eigenvalue weighted by Crippen LogP contribution is -2.27. The maximum absolute atomic E-state index is 9.77. The highest BCUT2D eigenvalue weighted by Crippen LogP contribution is 2.28. The third kappa shape index (κ3) is 3.93. The second kappa shape index (κ2) is 8.33. The molecule has 0 fully saturated rings. The first-order chi connectivity index (χ1) is 12.7. The first-order valence-corrected chi connectivity index (χ1v) is 8.63. The van der Waals surface area contributed by atoms with E-state index in [-0.39, 0.29) is 6.04 Å². The molecule has 3 rings (SSSR count). The lowest BCUT2D eigenvalue weighted by Gasteiger charge is -2.24. The van der Waals surface area contributed by atoms with Crippen LogP contribution in [0.25, 0.3) is 0 Å². The van der Waals surface area contributed by atoms with Gasteiger partial charge >= 0.3 is 0 Å². The summed E-state index contributed by atoms with van der Waals surface area (Å²) in [5, 5.41) is 13.3. The number of nitrogens with one attached hydrogen (secondary N) is 1. The summed E-state index contributed by atoms with van der Waals surface area (Å²) in [6, 6.07) is 28.0. The van der Waals surface area contributed by atoms with Crippen molar-refractivity contribution in [3.63, 3.8) is 0 Å². The molecular weight excluding hydrogens is 320 g/mol. The molecule has 0 aliphatic heterocycles. The van der Waals surface area contributed by atoms with E-state index in [1.165, 1.54) is 11.1 Å². The summed E-state index contributed by atoms with van der Waals surface area (Å²) in [7, 11) is 1.64. The summed E-state index contributed by atoms with van der Waals surface area (Å²) in [5.41, 5.74) is 4.42. The van der Waals surface area contributed by atoms with Gasteiger partial charge in [0, 0.05) is 0 Å². The first kappa shape index (κ1) is 17.7. The van der Waals surface area contributed by atoms with Gasteiger partial charge in [0.2, 0.25) is 0 Å². The smallest absolute Gasteiger partial charge is 0.122 e. The van der Waals surface area contributed by atoms with E-state index in [0.717, 1.165) is 16.9 Å². The zero-order valence-corrected chi connectivity index (χ0v) is 15.0. The minimum absolute atomic E-state index is 0.0656. The summed E-state index contributed by atoms with van der Waals surface area (Å²) < 4.78 is 5.21. The topological polar surface area (TPSA) is 45.0 Å². The average Bonchev–Trinajstić information content (AvgIpc) is 2.71. The molecule has 3 aromatic carbocycles. The van der Waals surface area contributed by atoms with Gasteiger partial charge in [-0.3, -0.25) is 5.32 Å². The highest BCUT2D eigenvalue weighted by Gasteiger charge is 2.21. The number of rotatable bonds is 6. The molecule has 0 spiro atoms. The predicted octanol–water partition coefficient (Wildman–Crippen LogP) is 4.95. The number of hydrogen-bond acceptors (Lipinski definition) is 3. The van der Waals surface area contributed by atoms with Crippen LogP contribution >= 0.6 is 0 Å². The van der Waals surface area contributed by atoms with Crippen molar-refractivity contribution in [3.05, 3.63) is 101 Å². The van der Waals surface area contributed by atoms with Crippen LogP contribution in [0.1, 0.15) is 34.3 Å². The highest BCUT2D eigenvalue weighted by atomic mass is 16.5. The molecule has 3 aromatic rings. The fraction of sp³-hybridized carbons (Fsp3) is 0.174. The molecule has 0 radical (unpaired) electrons. The molecule has 0 aliphatic carbocycles. The van der Waals surface area contributed by atoms with Crippen molar-refractivity contribution >= 4 is 0 Å². The fourth-order valence-corrected chi connectivity index (χ4v) is 3.09. The minimum Gasteiger partial charge on any atom is -0.497 e. The Hall–Kier alpha value is -3.09. The third-order valence-electron chi connectivity index (χ3n) is 4.54. The Balaban J connectivity index is 1.96. The van der Waals surface area contributed by atoms with Crippen LogP contribution in [0.4, 0.5) is 0 Å². The first-order valence-electron chi connectivity index (χ1n) is 8.63. The van der Waals surface area contributed by atoms with E-state index in [9.17, 15) is 5.26 Å². The van der Waals surface area contributed by atoms with Gasteiger partial charge in [0.1, 0.15) is 11.8 Å². The van der Waals surface area contributed by atoms with Crippen LogP contribution < -0.4 is 10.1 Å². The molecule has 0 aromatic heterocycles. The van der Waals surface area contributed by atoms with Crippen LogP contribution in [0.5, 0.6) is 5.75 Å². The number of hydrogen-bond donors (Lipinski definition) is 1. The summed E-state index contributed by atoms with van der Waals surface area (Å²) in [6.45, 7) is 2.10. The Labute approximate surface area is 154 Å². The molecule has 1 N–H and O–H groups in total. The maximum Gasteiger partial charge on any atom is 0.122 e. The van der Waals surface area contributed by atoms with E-state index >= 15 is 0 Å². The van der Waals surface area contributed by atoms with Crippen LogP contribution in [-0.4, -0.2) is 7.11 Å². The molecule has 3 heteroatoms. The second-order valence-corrected chi connectivity index (χ2v) is 6.20. The molecule has 0 aliphatic rings. The Kier molecular flexibility index (Phi) is 5.68. The van der Waals surface area contributed by atoms with Gasteiger partial charge in [-0.2, -0.15) is 5.26 Å². The minimum atomic E-state index is -0.425. The van der Waals surface area contributed by atoms with Crippen LogP contribution in [0.3, 0.4) is 0 Å². The van der Waals surface area contributed by atoms with E-state index in [1.807, 2.05) is 54.6 Å². The Bertz CT molecular complexity index is 882. The normalized spacial score (nSPS) is 12.8. The van der Waals surface area contributed by atoms with Crippen molar-refractivity contribution in [1.82, 2.24) is 5.32 Å². The molecule has 26 heavy (non-hydrogen) atoms. The summed E-state index contributed by atoms with van der Waals surface area (Å²) in [4.78, 5) is 0. The zero-order chi connectivity index (χ0) is 18.4. The lowest BCUT2D eigenvalue weighted by molar-refractivity contribution is 0.414. The monoisotopic (exact) mass is 342 g/mol. The molecule has 2 atom stereocenters. The molecule has 0 saturated carbocycles. The maximum atomic E-state index is 9.77. The number of aryl methyl sites for hydroxylation is 1. The van der Waals surface area contributed by atoms with Crippen molar-refractivity contribution in [3.8, 4) is 11.8 Å². The fourth-order valence-electron chi connectivity index (χ4n) is 3.09. The molecule has 3 nitrogen and oxygen atoms in total. The van der Waals surface area contributed by atoms with Crippen molar-refractivity contribution in [2.75, 3.05) is 7.11 Å². The van der Waals surface area contributed by atoms with Crippen molar-refractivity contribution in [2.45, 2.75) is 19.0 Å². The van der Waals surface area contributed by atoms with Crippen molar-refractivity contribution in [2.24, 2.45) is 0 Å². The number of methoxy groups -OCH3 is 1. The van der Waals surface area contributed by atoms with E-state index in [4.69, 9.17) is 4.74 Å². The molecular formula is C23H22N2O. The number of nitrogens with zero attached hydrogens (tertiary/aromatic N) is 1. The third-order valence-corrected chi connectivity index (χ3v) is 4.54. The van der Waals surface area contributed by atoms with Crippen LogP contribution in [0, 0.1) is 18.3 Å². The Morgan fingerprint density at radius 1 is 0.846 bits per heavy atom. The highest BCUT2D eigenvalue weighted by molar-refractivity contribution is 5.38. The summed E-state index contributed by atoms with van der Waals surface area (Å²) in [6.07, 6.45) is 0. The molecule has 1 unspecified atom stereocenters. The van der Waals surface area contributed by atoms with E-state index in [1.54, 1.807) is 7.11 Å². The largest absolute Gasteiger partial charge is 0.497 e. The second-order valence-electron chi connectivity index (χ2n) is 6.20.